The zero-order valence-electron chi connectivity index (χ0n) is 12.0. The van der Waals surface area contributed by atoms with Crippen LogP contribution < -0.4 is 5.32 Å². The average molecular weight is 265 g/mol. The third-order valence-corrected chi connectivity index (χ3v) is 3.67. The number of carbonyl (C=O) groups excluding carboxylic acids is 1. The van der Waals surface area contributed by atoms with Crippen molar-refractivity contribution >= 4 is 5.91 Å². The van der Waals surface area contributed by atoms with E-state index in [1.54, 1.807) is 7.05 Å². The standard InChI is InChI=1S/C14H23N3O2/c1-10(2)13-7-12(19-16-13)9-17-5-4-11(8-17)6-14(18)15-3/h7,10-11H,4-6,8-9H2,1-3H3,(H,15,18). The van der Waals surface area contributed by atoms with Crippen LogP contribution in [0.4, 0.5) is 0 Å². The van der Waals surface area contributed by atoms with Crippen LogP contribution in [0.3, 0.4) is 0 Å². The first-order chi connectivity index (χ1) is 9.08. The zero-order chi connectivity index (χ0) is 13.8. The van der Waals surface area contributed by atoms with Crippen LogP contribution in [0, 0.1) is 5.92 Å². The molecule has 0 radical (unpaired) electrons. The fourth-order valence-electron chi connectivity index (χ4n) is 2.48. The minimum Gasteiger partial charge on any atom is -0.360 e. The summed E-state index contributed by atoms with van der Waals surface area (Å²) in [7, 11) is 1.69. The molecule has 1 aromatic rings. The highest BCUT2D eigenvalue weighted by molar-refractivity contribution is 5.75. The zero-order valence-corrected chi connectivity index (χ0v) is 12.0. The summed E-state index contributed by atoms with van der Waals surface area (Å²) in [5.74, 6) is 1.92. The van der Waals surface area contributed by atoms with Gasteiger partial charge in [0.05, 0.1) is 12.2 Å². The molecule has 2 rings (SSSR count). The molecule has 1 amide bonds. The van der Waals surface area contributed by atoms with Crippen molar-refractivity contribution in [2.75, 3.05) is 20.1 Å². The predicted octanol–water partition coefficient (Wildman–Crippen LogP) is 1.76. The molecular formula is C14H23N3O2. The number of carbonyl (C=O) groups is 1. The molecule has 106 valence electrons. The highest BCUT2D eigenvalue weighted by Crippen LogP contribution is 2.22. The van der Waals surface area contributed by atoms with Crippen LogP contribution in [-0.2, 0) is 11.3 Å². The fraction of sp³-hybridized carbons (Fsp3) is 0.714. The highest BCUT2D eigenvalue weighted by atomic mass is 16.5. The third-order valence-electron chi connectivity index (χ3n) is 3.67. The molecule has 1 aliphatic rings. The molecule has 1 saturated heterocycles. The van der Waals surface area contributed by atoms with Crippen molar-refractivity contribution in [2.45, 2.75) is 39.2 Å². The molecule has 2 heterocycles. The normalized spacial score (nSPS) is 20.1. The first-order valence-electron chi connectivity index (χ1n) is 6.97. The van der Waals surface area contributed by atoms with E-state index >= 15 is 0 Å². The van der Waals surface area contributed by atoms with Crippen molar-refractivity contribution in [3.63, 3.8) is 0 Å². The van der Waals surface area contributed by atoms with Crippen molar-refractivity contribution in [2.24, 2.45) is 5.92 Å². The molecule has 1 unspecified atom stereocenters. The van der Waals surface area contributed by atoms with E-state index in [4.69, 9.17) is 4.52 Å². The van der Waals surface area contributed by atoms with E-state index in [0.717, 1.165) is 37.5 Å². The van der Waals surface area contributed by atoms with Crippen molar-refractivity contribution in [3.8, 4) is 0 Å². The molecule has 0 aromatic carbocycles. The van der Waals surface area contributed by atoms with Gasteiger partial charge in [0.25, 0.3) is 0 Å². The third kappa shape index (κ3) is 3.80. The lowest BCUT2D eigenvalue weighted by Gasteiger charge is -2.13. The molecule has 19 heavy (non-hydrogen) atoms. The van der Waals surface area contributed by atoms with E-state index < -0.39 is 0 Å². The van der Waals surface area contributed by atoms with Gasteiger partial charge in [-0.3, -0.25) is 9.69 Å². The van der Waals surface area contributed by atoms with Crippen LogP contribution in [-0.4, -0.2) is 36.1 Å². The summed E-state index contributed by atoms with van der Waals surface area (Å²) in [6, 6.07) is 2.04. The Labute approximate surface area is 114 Å². The molecule has 5 nitrogen and oxygen atoms in total. The number of rotatable bonds is 5. The fourth-order valence-corrected chi connectivity index (χ4v) is 2.48. The number of aromatic nitrogens is 1. The Bertz CT molecular complexity index is 428. The lowest BCUT2D eigenvalue weighted by Crippen LogP contribution is -2.24. The van der Waals surface area contributed by atoms with Gasteiger partial charge in [-0.1, -0.05) is 19.0 Å². The molecule has 0 aliphatic carbocycles. The molecule has 0 spiro atoms. The number of amides is 1. The molecule has 0 saturated carbocycles. The molecule has 1 aliphatic heterocycles. The molecule has 1 fully saturated rings. The number of hydrogen-bond acceptors (Lipinski definition) is 4. The Kier molecular flexibility index (Phi) is 4.58. The van der Waals surface area contributed by atoms with Crippen LogP contribution in [0.1, 0.15) is 44.1 Å². The lowest BCUT2D eigenvalue weighted by molar-refractivity contribution is -0.121. The first-order valence-corrected chi connectivity index (χ1v) is 6.97. The minimum atomic E-state index is 0.133. The number of nitrogens with one attached hydrogen (secondary N) is 1. The quantitative estimate of drug-likeness (QED) is 0.881. The SMILES string of the molecule is CNC(=O)CC1CCN(Cc2cc(C(C)C)no2)C1. The minimum absolute atomic E-state index is 0.133. The second-order valence-electron chi connectivity index (χ2n) is 5.64. The van der Waals surface area contributed by atoms with Gasteiger partial charge in [0.1, 0.15) is 0 Å². The Hall–Kier alpha value is -1.36. The topological polar surface area (TPSA) is 58.4 Å². The smallest absolute Gasteiger partial charge is 0.220 e. The molecule has 0 bridgehead atoms. The van der Waals surface area contributed by atoms with Gasteiger partial charge in [-0.25, -0.2) is 0 Å². The maximum Gasteiger partial charge on any atom is 0.220 e. The van der Waals surface area contributed by atoms with Crippen LogP contribution >= 0.6 is 0 Å². The van der Waals surface area contributed by atoms with E-state index in [1.807, 2.05) is 6.07 Å². The summed E-state index contributed by atoms with van der Waals surface area (Å²) in [6.07, 6.45) is 1.71. The van der Waals surface area contributed by atoms with E-state index in [0.29, 0.717) is 18.3 Å². The number of likely N-dealkylation sites (tertiary alicyclic amines) is 1. The maximum atomic E-state index is 11.4. The van der Waals surface area contributed by atoms with Gasteiger partial charge < -0.3 is 9.84 Å². The number of hydrogen-bond donors (Lipinski definition) is 1. The molecular weight excluding hydrogens is 242 g/mol. The second kappa shape index (κ2) is 6.19. The van der Waals surface area contributed by atoms with Crippen LogP contribution in [0.2, 0.25) is 0 Å². The Morgan fingerprint density at radius 1 is 1.63 bits per heavy atom. The van der Waals surface area contributed by atoms with Crippen molar-refractivity contribution in [1.29, 1.82) is 0 Å². The average Bonchev–Trinajstić information content (AvgIpc) is 2.99. The highest BCUT2D eigenvalue weighted by Gasteiger charge is 2.25. The summed E-state index contributed by atoms with van der Waals surface area (Å²) in [5, 5.41) is 6.76. The van der Waals surface area contributed by atoms with Gasteiger partial charge in [0, 0.05) is 26.1 Å². The van der Waals surface area contributed by atoms with E-state index in [2.05, 4.69) is 29.2 Å². The lowest BCUT2D eigenvalue weighted by atomic mass is 10.0. The molecule has 5 heteroatoms. The van der Waals surface area contributed by atoms with Crippen LogP contribution in [0.5, 0.6) is 0 Å². The molecule has 1 N–H and O–H groups in total. The first kappa shape index (κ1) is 14.1. The van der Waals surface area contributed by atoms with Crippen molar-refractivity contribution < 1.29 is 9.32 Å². The largest absolute Gasteiger partial charge is 0.360 e. The van der Waals surface area contributed by atoms with Crippen LogP contribution in [0.15, 0.2) is 10.6 Å². The van der Waals surface area contributed by atoms with Crippen LogP contribution in [0.25, 0.3) is 0 Å². The van der Waals surface area contributed by atoms with Gasteiger partial charge >= 0.3 is 0 Å². The molecule has 1 atom stereocenters. The summed E-state index contributed by atoms with van der Waals surface area (Å²) in [4.78, 5) is 13.7. The summed E-state index contributed by atoms with van der Waals surface area (Å²) >= 11 is 0. The number of nitrogens with zero attached hydrogens (tertiary/aromatic N) is 2. The van der Waals surface area contributed by atoms with E-state index in [-0.39, 0.29) is 5.91 Å². The Morgan fingerprint density at radius 2 is 2.42 bits per heavy atom. The molecule has 1 aromatic heterocycles. The van der Waals surface area contributed by atoms with Crippen molar-refractivity contribution in [3.05, 3.63) is 17.5 Å². The maximum absolute atomic E-state index is 11.4. The Morgan fingerprint density at radius 3 is 3.05 bits per heavy atom. The predicted molar refractivity (Wildman–Crippen MR) is 72.7 cm³/mol. The van der Waals surface area contributed by atoms with Gasteiger partial charge in [-0.2, -0.15) is 0 Å². The van der Waals surface area contributed by atoms with Gasteiger partial charge in [-0.05, 0) is 24.8 Å². The van der Waals surface area contributed by atoms with Gasteiger partial charge in [0.2, 0.25) is 5.91 Å². The monoisotopic (exact) mass is 265 g/mol. The summed E-state index contributed by atoms with van der Waals surface area (Å²) in [6.45, 7) is 7.00. The summed E-state index contributed by atoms with van der Waals surface area (Å²) < 4.78 is 5.35. The van der Waals surface area contributed by atoms with Gasteiger partial charge in [-0.15, -0.1) is 0 Å². The second-order valence-corrected chi connectivity index (χ2v) is 5.64. The van der Waals surface area contributed by atoms with E-state index in [9.17, 15) is 4.79 Å². The Balaban J connectivity index is 1.82. The summed E-state index contributed by atoms with van der Waals surface area (Å²) in [5.41, 5.74) is 1.01. The van der Waals surface area contributed by atoms with E-state index in [1.165, 1.54) is 0 Å². The van der Waals surface area contributed by atoms with Gasteiger partial charge in [0.15, 0.2) is 5.76 Å². The van der Waals surface area contributed by atoms with Crippen molar-refractivity contribution in [1.82, 2.24) is 15.4 Å².